The van der Waals surface area contributed by atoms with E-state index in [4.69, 9.17) is 0 Å². The van der Waals surface area contributed by atoms with Crippen LogP contribution in [0.3, 0.4) is 0 Å². The Kier molecular flexibility index (Phi) is 6.21. The molecule has 0 saturated heterocycles. The molecule has 0 spiro atoms. The lowest BCUT2D eigenvalue weighted by molar-refractivity contribution is -0.136. The number of methoxy groups -OCH3 is 1. The quantitative estimate of drug-likeness (QED) is 0.304. The summed E-state index contributed by atoms with van der Waals surface area (Å²) in [5.74, 6) is -0.375. The van der Waals surface area contributed by atoms with Crippen LogP contribution in [0.25, 0.3) is 0 Å². The Morgan fingerprint density at radius 1 is 1.67 bits per heavy atom. The molecule has 2 heteroatoms. The lowest BCUT2D eigenvalue weighted by Crippen LogP contribution is -1.99. The molecule has 0 aromatic rings. The Bertz CT molecular complexity index is 141. The van der Waals surface area contributed by atoms with Crippen LogP contribution in [0.2, 0.25) is 0 Å². The highest BCUT2D eigenvalue weighted by Crippen LogP contribution is 1.89. The van der Waals surface area contributed by atoms with Crippen molar-refractivity contribution in [2.45, 2.75) is 14.4 Å². The van der Waals surface area contributed by atoms with E-state index in [1.165, 1.54) is 7.11 Å². The molecule has 0 aliphatic rings. The van der Waals surface area contributed by atoms with E-state index in [-0.39, 0.29) is 13.4 Å². The Morgan fingerprint density at radius 3 is 2.22 bits per heavy atom. The number of rotatable bonds is 1. The maximum Gasteiger partial charge on any atom is 0.341 e. The van der Waals surface area contributed by atoms with Gasteiger partial charge in [-0.15, -0.1) is 5.73 Å². The van der Waals surface area contributed by atoms with Gasteiger partial charge in [-0.2, -0.15) is 0 Å². The molecule has 0 aliphatic heterocycles. The number of ether oxygens (including phenoxy) is 1. The van der Waals surface area contributed by atoms with Crippen molar-refractivity contribution in [3.63, 3.8) is 0 Å². The van der Waals surface area contributed by atoms with Crippen LogP contribution in [0, 0.1) is 0 Å². The Balaban J connectivity index is 0. The summed E-state index contributed by atoms with van der Waals surface area (Å²) in [5.41, 5.74) is 2.82. The van der Waals surface area contributed by atoms with Crippen LogP contribution in [-0.4, -0.2) is 13.1 Å². The third kappa shape index (κ3) is 3.56. The second-order valence-corrected chi connectivity index (χ2v) is 1.29. The van der Waals surface area contributed by atoms with E-state index in [1.54, 1.807) is 6.92 Å². The summed E-state index contributed by atoms with van der Waals surface area (Å²) in [6.45, 7) is 4.86. The molecule has 0 heterocycles. The summed E-state index contributed by atoms with van der Waals surface area (Å²) in [6, 6.07) is 0. The highest BCUT2D eigenvalue weighted by atomic mass is 16.5. The minimum Gasteiger partial charge on any atom is -0.465 e. The zero-order valence-electron chi connectivity index (χ0n) is 5.02. The SMILES string of the molecule is C.C=C=C(C)C(=O)OC. The summed E-state index contributed by atoms with van der Waals surface area (Å²) < 4.78 is 4.32. The Hall–Kier alpha value is -1.01. The van der Waals surface area contributed by atoms with Gasteiger partial charge in [0.25, 0.3) is 0 Å². The number of hydrogen-bond donors (Lipinski definition) is 0. The van der Waals surface area contributed by atoms with Crippen molar-refractivity contribution < 1.29 is 9.53 Å². The third-order valence-corrected chi connectivity index (χ3v) is 0.757. The molecule has 0 radical (unpaired) electrons. The van der Waals surface area contributed by atoms with Gasteiger partial charge in [-0.25, -0.2) is 4.79 Å². The monoisotopic (exact) mass is 128 g/mol. The Morgan fingerprint density at radius 2 is 2.11 bits per heavy atom. The summed E-state index contributed by atoms with van der Waals surface area (Å²) >= 11 is 0. The van der Waals surface area contributed by atoms with E-state index >= 15 is 0 Å². The maximum atomic E-state index is 10.4. The molecule has 0 saturated carbocycles. The van der Waals surface area contributed by atoms with Gasteiger partial charge in [0, 0.05) is 0 Å². The molecule has 0 atom stereocenters. The minimum absolute atomic E-state index is 0. The summed E-state index contributed by atoms with van der Waals surface area (Å²) in [4.78, 5) is 10.4. The minimum atomic E-state index is -0.375. The smallest absolute Gasteiger partial charge is 0.341 e. The molecule has 0 bridgehead atoms. The van der Waals surface area contributed by atoms with Crippen LogP contribution in [0.15, 0.2) is 17.9 Å². The van der Waals surface area contributed by atoms with Crippen LogP contribution in [0.5, 0.6) is 0 Å². The number of hydrogen-bond acceptors (Lipinski definition) is 2. The molecule has 52 valence electrons. The molecule has 0 fully saturated rings. The largest absolute Gasteiger partial charge is 0.465 e. The third-order valence-electron chi connectivity index (χ3n) is 0.757. The maximum absolute atomic E-state index is 10.4. The zero-order valence-corrected chi connectivity index (χ0v) is 5.02. The van der Waals surface area contributed by atoms with Gasteiger partial charge in [-0.05, 0) is 6.92 Å². The first-order chi connectivity index (χ1) is 3.72. The fraction of sp³-hybridized carbons (Fsp3) is 0.429. The van der Waals surface area contributed by atoms with Gasteiger partial charge in [0.2, 0.25) is 0 Å². The molecule has 0 rings (SSSR count). The predicted octanol–water partition coefficient (Wildman–Crippen LogP) is 1.53. The van der Waals surface area contributed by atoms with Crippen molar-refractivity contribution in [3.05, 3.63) is 17.9 Å². The van der Waals surface area contributed by atoms with Gasteiger partial charge in [0.15, 0.2) is 0 Å². The van der Waals surface area contributed by atoms with Crippen LogP contribution in [-0.2, 0) is 9.53 Å². The first kappa shape index (κ1) is 10.9. The van der Waals surface area contributed by atoms with Gasteiger partial charge in [-0.3, -0.25) is 0 Å². The average molecular weight is 128 g/mol. The van der Waals surface area contributed by atoms with Crippen LogP contribution >= 0.6 is 0 Å². The normalized spacial score (nSPS) is 6.44. The Labute approximate surface area is 55.8 Å². The molecule has 0 N–H and O–H groups in total. The summed E-state index contributed by atoms with van der Waals surface area (Å²) in [7, 11) is 1.32. The van der Waals surface area contributed by atoms with E-state index in [0.29, 0.717) is 5.57 Å². The second kappa shape index (κ2) is 5.13. The standard InChI is InChI=1S/C6H8O2.CH4/c1-4-5(2)6(7)8-3;/h1H2,2-3H3;1H4. The number of esters is 1. The van der Waals surface area contributed by atoms with E-state index in [9.17, 15) is 4.79 Å². The van der Waals surface area contributed by atoms with Gasteiger partial charge >= 0.3 is 5.97 Å². The molecule has 0 aromatic carbocycles. The van der Waals surface area contributed by atoms with Crippen molar-refractivity contribution in [2.75, 3.05) is 7.11 Å². The number of carbonyl (C=O) groups is 1. The lowest BCUT2D eigenvalue weighted by Gasteiger charge is -1.91. The lowest BCUT2D eigenvalue weighted by atomic mass is 10.3. The topological polar surface area (TPSA) is 26.3 Å². The number of carbonyl (C=O) groups excluding carboxylic acids is 1. The first-order valence-electron chi connectivity index (χ1n) is 2.17. The van der Waals surface area contributed by atoms with E-state index < -0.39 is 0 Å². The van der Waals surface area contributed by atoms with Gasteiger partial charge in [-0.1, -0.05) is 14.0 Å². The van der Waals surface area contributed by atoms with Crippen molar-refractivity contribution in [1.82, 2.24) is 0 Å². The molecule has 9 heavy (non-hydrogen) atoms. The molecule has 0 aliphatic carbocycles. The molecule has 0 aromatic heterocycles. The van der Waals surface area contributed by atoms with Crippen molar-refractivity contribution in [3.8, 4) is 0 Å². The van der Waals surface area contributed by atoms with Crippen LogP contribution in [0.4, 0.5) is 0 Å². The zero-order chi connectivity index (χ0) is 6.57. The van der Waals surface area contributed by atoms with Gasteiger partial charge < -0.3 is 4.74 Å². The average Bonchev–Trinajstić information content (AvgIpc) is 1.84. The van der Waals surface area contributed by atoms with Crippen LogP contribution < -0.4 is 0 Å². The van der Waals surface area contributed by atoms with Crippen molar-refractivity contribution >= 4 is 5.97 Å². The predicted molar refractivity (Wildman–Crippen MR) is 37.1 cm³/mol. The summed E-state index contributed by atoms with van der Waals surface area (Å²) in [5, 5.41) is 0. The van der Waals surface area contributed by atoms with E-state index in [1.807, 2.05) is 0 Å². The second-order valence-electron chi connectivity index (χ2n) is 1.29. The van der Waals surface area contributed by atoms with Crippen molar-refractivity contribution in [2.24, 2.45) is 0 Å². The van der Waals surface area contributed by atoms with E-state index in [0.717, 1.165) is 0 Å². The van der Waals surface area contributed by atoms with Crippen molar-refractivity contribution in [1.29, 1.82) is 0 Å². The fourth-order valence-corrected chi connectivity index (χ4v) is 0.225. The molecular formula is C7H12O2. The highest BCUT2D eigenvalue weighted by Gasteiger charge is 1.98. The fourth-order valence-electron chi connectivity index (χ4n) is 0.225. The molecule has 2 nitrogen and oxygen atoms in total. The molecular weight excluding hydrogens is 116 g/mol. The van der Waals surface area contributed by atoms with Gasteiger partial charge in [0.1, 0.15) is 0 Å². The van der Waals surface area contributed by atoms with Crippen LogP contribution in [0.1, 0.15) is 14.4 Å². The van der Waals surface area contributed by atoms with Gasteiger partial charge in [0.05, 0.1) is 12.7 Å². The van der Waals surface area contributed by atoms with E-state index in [2.05, 4.69) is 17.0 Å². The molecule has 0 amide bonds. The first-order valence-corrected chi connectivity index (χ1v) is 2.17. The molecule has 0 unspecified atom stereocenters. The summed E-state index contributed by atoms with van der Waals surface area (Å²) in [6.07, 6.45) is 0. The highest BCUT2D eigenvalue weighted by molar-refractivity contribution is 5.87.